The topological polar surface area (TPSA) is 64.9 Å². The summed E-state index contributed by atoms with van der Waals surface area (Å²) >= 11 is 13.8. The number of hydrogen-bond donors (Lipinski definition) is 1. The Morgan fingerprint density at radius 3 is 2.62 bits per heavy atom. The van der Waals surface area contributed by atoms with Crippen molar-refractivity contribution in [3.8, 4) is 21.7 Å². The highest BCUT2D eigenvalue weighted by Crippen LogP contribution is 2.42. The molecule has 2 N–H and O–H groups in total. The van der Waals surface area contributed by atoms with Crippen molar-refractivity contribution in [2.75, 3.05) is 5.73 Å². The van der Waals surface area contributed by atoms with E-state index >= 15 is 0 Å². The van der Waals surface area contributed by atoms with Crippen molar-refractivity contribution in [1.82, 2.24) is 10.1 Å². The van der Waals surface area contributed by atoms with Crippen molar-refractivity contribution in [2.45, 2.75) is 13.8 Å². The Morgan fingerprint density at radius 2 is 2.00 bits per heavy atom. The van der Waals surface area contributed by atoms with Gasteiger partial charge in [0.2, 0.25) is 5.88 Å². The van der Waals surface area contributed by atoms with E-state index in [9.17, 15) is 0 Å². The lowest BCUT2D eigenvalue weighted by Gasteiger charge is -2.05. The number of nitrogen functional groups attached to an aromatic ring is 1. The molecular formula is C14H11Cl2N3OS. The van der Waals surface area contributed by atoms with Gasteiger partial charge in [-0.1, -0.05) is 34.4 Å². The number of anilines is 1. The quantitative estimate of drug-likeness (QED) is 0.715. The molecule has 0 atom stereocenters. The maximum absolute atomic E-state index is 6.28. The van der Waals surface area contributed by atoms with Crippen LogP contribution in [0.1, 0.15) is 10.7 Å². The molecule has 0 bridgehead atoms. The summed E-state index contributed by atoms with van der Waals surface area (Å²) < 4.78 is 5.17. The molecule has 108 valence electrons. The first-order chi connectivity index (χ1) is 9.97. The first kappa shape index (κ1) is 14.4. The molecule has 3 aromatic rings. The fourth-order valence-corrected chi connectivity index (χ4v) is 3.57. The largest absolute Gasteiger partial charge is 0.367 e. The summed E-state index contributed by atoms with van der Waals surface area (Å²) in [5, 5.41) is 6.09. The van der Waals surface area contributed by atoms with Gasteiger partial charge < -0.3 is 10.3 Å². The van der Waals surface area contributed by atoms with Crippen LogP contribution in [-0.2, 0) is 0 Å². The van der Waals surface area contributed by atoms with Crippen LogP contribution in [0.4, 0.5) is 5.88 Å². The average molecular weight is 340 g/mol. The second kappa shape index (κ2) is 5.33. The van der Waals surface area contributed by atoms with Gasteiger partial charge in [-0.3, -0.25) is 0 Å². The molecule has 0 aliphatic carbocycles. The van der Waals surface area contributed by atoms with Crippen molar-refractivity contribution >= 4 is 40.4 Å². The van der Waals surface area contributed by atoms with Crippen LogP contribution < -0.4 is 5.73 Å². The van der Waals surface area contributed by atoms with Crippen LogP contribution in [0.15, 0.2) is 22.7 Å². The highest BCUT2D eigenvalue weighted by atomic mass is 35.5. The number of thiazole rings is 1. The molecule has 2 heterocycles. The van der Waals surface area contributed by atoms with Crippen molar-refractivity contribution < 1.29 is 4.52 Å². The number of nitrogens with zero attached hydrogens (tertiary/aromatic N) is 2. The van der Waals surface area contributed by atoms with Gasteiger partial charge in [-0.2, -0.15) is 0 Å². The molecule has 0 amide bonds. The van der Waals surface area contributed by atoms with Gasteiger partial charge >= 0.3 is 0 Å². The van der Waals surface area contributed by atoms with Gasteiger partial charge in [-0.15, -0.1) is 11.3 Å². The molecular weight excluding hydrogens is 329 g/mol. The van der Waals surface area contributed by atoms with Crippen LogP contribution >= 0.6 is 34.5 Å². The zero-order valence-corrected chi connectivity index (χ0v) is 13.6. The number of rotatable bonds is 2. The van der Waals surface area contributed by atoms with Crippen LogP contribution in [-0.4, -0.2) is 10.1 Å². The first-order valence-electron chi connectivity index (χ1n) is 6.12. The zero-order chi connectivity index (χ0) is 15.1. The highest BCUT2D eigenvalue weighted by Gasteiger charge is 2.22. The molecule has 1 aromatic carbocycles. The first-order valence-corrected chi connectivity index (χ1v) is 7.69. The van der Waals surface area contributed by atoms with E-state index < -0.39 is 0 Å². The van der Waals surface area contributed by atoms with Gasteiger partial charge in [-0.05, 0) is 26.0 Å². The summed E-state index contributed by atoms with van der Waals surface area (Å²) in [6, 6.07) is 5.23. The van der Waals surface area contributed by atoms with E-state index in [0.717, 1.165) is 21.1 Å². The Morgan fingerprint density at radius 1 is 1.24 bits per heavy atom. The van der Waals surface area contributed by atoms with Gasteiger partial charge in [0.1, 0.15) is 5.69 Å². The summed E-state index contributed by atoms with van der Waals surface area (Å²) in [7, 11) is 0. The van der Waals surface area contributed by atoms with E-state index in [1.165, 1.54) is 0 Å². The fraction of sp³-hybridized carbons (Fsp3) is 0.143. The summed E-state index contributed by atoms with van der Waals surface area (Å²) in [5.41, 5.74) is 8.88. The number of benzene rings is 1. The van der Waals surface area contributed by atoms with Gasteiger partial charge in [0.15, 0.2) is 0 Å². The van der Waals surface area contributed by atoms with Crippen molar-refractivity contribution in [3.05, 3.63) is 38.9 Å². The number of nitrogens with two attached hydrogens (primary N) is 1. The highest BCUT2D eigenvalue weighted by molar-refractivity contribution is 7.15. The standard InChI is InChI=1S/C14H11Cl2N3OS/c1-6-13(21-7(2)18-6)12-11(14(17)20-19-12)9-4-3-8(15)5-10(9)16/h3-5H,17H2,1-2H3. The molecule has 0 aliphatic heterocycles. The van der Waals surface area contributed by atoms with Gasteiger partial charge in [-0.25, -0.2) is 4.98 Å². The maximum atomic E-state index is 6.28. The van der Waals surface area contributed by atoms with Crippen LogP contribution in [0, 0.1) is 13.8 Å². The molecule has 0 saturated carbocycles. The minimum atomic E-state index is 0.222. The molecule has 0 aliphatic rings. The van der Waals surface area contributed by atoms with Crippen LogP contribution in [0.3, 0.4) is 0 Å². The number of hydrogen-bond acceptors (Lipinski definition) is 5. The van der Waals surface area contributed by atoms with Gasteiger partial charge in [0, 0.05) is 10.6 Å². The Balaban J connectivity index is 2.24. The number of halogens is 2. The number of aromatic nitrogens is 2. The minimum absolute atomic E-state index is 0.222. The normalized spacial score (nSPS) is 11.0. The maximum Gasteiger partial charge on any atom is 0.230 e. The summed E-state index contributed by atoms with van der Waals surface area (Å²) in [4.78, 5) is 5.33. The summed E-state index contributed by atoms with van der Waals surface area (Å²) in [5.74, 6) is 0.222. The lowest BCUT2D eigenvalue weighted by Crippen LogP contribution is -1.89. The molecule has 4 nitrogen and oxygen atoms in total. The van der Waals surface area contributed by atoms with Crippen LogP contribution in [0.5, 0.6) is 0 Å². The van der Waals surface area contributed by atoms with E-state index in [2.05, 4.69) is 10.1 Å². The van der Waals surface area contributed by atoms with Gasteiger partial charge in [0.05, 0.1) is 26.2 Å². The zero-order valence-electron chi connectivity index (χ0n) is 11.3. The summed E-state index contributed by atoms with van der Waals surface area (Å²) in [6.07, 6.45) is 0. The Bertz CT molecular complexity index is 826. The Kier molecular flexibility index (Phi) is 3.65. The third-order valence-electron chi connectivity index (χ3n) is 3.04. The summed E-state index contributed by atoms with van der Waals surface area (Å²) in [6.45, 7) is 3.87. The van der Waals surface area contributed by atoms with Crippen molar-refractivity contribution in [1.29, 1.82) is 0 Å². The van der Waals surface area contributed by atoms with E-state index in [1.54, 1.807) is 29.5 Å². The molecule has 0 radical (unpaired) electrons. The molecule has 7 heteroatoms. The molecule has 0 spiro atoms. The van der Waals surface area contributed by atoms with Gasteiger partial charge in [0.25, 0.3) is 0 Å². The molecule has 2 aromatic heterocycles. The predicted molar refractivity (Wildman–Crippen MR) is 87.0 cm³/mol. The van der Waals surface area contributed by atoms with Crippen LogP contribution in [0.25, 0.3) is 21.7 Å². The second-order valence-corrected chi connectivity index (χ2v) is 6.59. The van der Waals surface area contributed by atoms with Crippen molar-refractivity contribution in [3.63, 3.8) is 0 Å². The van der Waals surface area contributed by atoms with E-state index in [4.69, 9.17) is 33.5 Å². The lowest BCUT2D eigenvalue weighted by molar-refractivity contribution is 0.439. The minimum Gasteiger partial charge on any atom is -0.367 e. The van der Waals surface area contributed by atoms with E-state index in [1.807, 2.05) is 13.8 Å². The molecule has 0 unspecified atom stereocenters. The Hall–Kier alpha value is -1.56. The fourth-order valence-electron chi connectivity index (χ4n) is 2.16. The third-order valence-corrected chi connectivity index (χ3v) is 4.66. The van der Waals surface area contributed by atoms with Crippen molar-refractivity contribution in [2.24, 2.45) is 0 Å². The molecule has 0 fully saturated rings. The molecule has 21 heavy (non-hydrogen) atoms. The average Bonchev–Trinajstić information content (AvgIpc) is 2.93. The Labute approximate surface area is 135 Å². The third kappa shape index (κ3) is 2.52. The smallest absolute Gasteiger partial charge is 0.230 e. The molecule has 0 saturated heterocycles. The SMILES string of the molecule is Cc1nc(C)c(-c2noc(N)c2-c2ccc(Cl)cc2Cl)s1. The predicted octanol–water partition coefficient (Wildman–Crippen LogP) is 4.97. The second-order valence-electron chi connectivity index (χ2n) is 4.54. The lowest BCUT2D eigenvalue weighted by atomic mass is 10.0. The molecule has 3 rings (SSSR count). The van der Waals surface area contributed by atoms with E-state index in [-0.39, 0.29) is 5.88 Å². The van der Waals surface area contributed by atoms with Crippen LogP contribution in [0.2, 0.25) is 10.0 Å². The van der Waals surface area contributed by atoms with E-state index in [0.29, 0.717) is 21.3 Å². The monoisotopic (exact) mass is 339 g/mol. The number of aryl methyl sites for hydroxylation is 2.